The van der Waals surface area contributed by atoms with Crippen molar-refractivity contribution in [2.75, 3.05) is 5.73 Å². The Morgan fingerprint density at radius 2 is 2.33 bits per heavy atom. The number of anilines is 1. The van der Waals surface area contributed by atoms with Gasteiger partial charge in [0.2, 0.25) is 5.91 Å². The molecule has 0 atom stereocenters. The molecule has 1 fully saturated rings. The number of nitrogens with two attached hydrogens (primary N) is 1. The van der Waals surface area contributed by atoms with E-state index in [9.17, 15) is 4.79 Å². The minimum atomic E-state index is 0.144. The standard InChI is InChI=1S/C11H15N3O/c12-10-6-2-5-9(14-10)7-13-11(15)8-3-1-4-8/h2,5-6,8H,1,3-4,7H2,(H2,12,14)(H,13,15). The number of hydrogen-bond donors (Lipinski definition) is 2. The normalized spacial score (nSPS) is 15.7. The van der Waals surface area contributed by atoms with Crippen LogP contribution in [-0.2, 0) is 11.3 Å². The van der Waals surface area contributed by atoms with Crippen LogP contribution in [0.1, 0.15) is 25.0 Å². The first kappa shape index (κ1) is 9.96. The Labute approximate surface area is 88.9 Å². The first-order valence-electron chi connectivity index (χ1n) is 5.25. The molecule has 1 aromatic heterocycles. The van der Waals surface area contributed by atoms with E-state index in [4.69, 9.17) is 5.73 Å². The zero-order valence-corrected chi connectivity index (χ0v) is 8.57. The van der Waals surface area contributed by atoms with E-state index in [1.807, 2.05) is 12.1 Å². The fourth-order valence-corrected chi connectivity index (χ4v) is 1.59. The van der Waals surface area contributed by atoms with Gasteiger partial charge in [0.05, 0.1) is 12.2 Å². The molecule has 1 heterocycles. The lowest BCUT2D eigenvalue weighted by Crippen LogP contribution is -2.34. The largest absolute Gasteiger partial charge is 0.384 e. The van der Waals surface area contributed by atoms with Crippen LogP contribution >= 0.6 is 0 Å². The van der Waals surface area contributed by atoms with Gasteiger partial charge < -0.3 is 11.1 Å². The summed E-state index contributed by atoms with van der Waals surface area (Å²) in [5.41, 5.74) is 6.35. The number of nitrogen functional groups attached to an aromatic ring is 1. The van der Waals surface area contributed by atoms with Crippen LogP contribution in [0.5, 0.6) is 0 Å². The number of pyridine rings is 1. The van der Waals surface area contributed by atoms with Crippen molar-refractivity contribution in [3.63, 3.8) is 0 Å². The maximum atomic E-state index is 11.5. The number of hydrogen-bond acceptors (Lipinski definition) is 3. The zero-order valence-electron chi connectivity index (χ0n) is 8.57. The molecule has 0 unspecified atom stereocenters. The van der Waals surface area contributed by atoms with Gasteiger partial charge in [-0.25, -0.2) is 4.98 Å². The van der Waals surface area contributed by atoms with Crippen molar-refractivity contribution < 1.29 is 4.79 Å². The Morgan fingerprint density at radius 3 is 2.93 bits per heavy atom. The molecule has 1 saturated carbocycles. The molecular weight excluding hydrogens is 190 g/mol. The summed E-state index contributed by atoms with van der Waals surface area (Å²) < 4.78 is 0. The number of rotatable bonds is 3. The van der Waals surface area contributed by atoms with Gasteiger partial charge in [0.15, 0.2) is 0 Å². The maximum absolute atomic E-state index is 11.5. The number of nitrogens with zero attached hydrogens (tertiary/aromatic N) is 1. The SMILES string of the molecule is Nc1cccc(CNC(=O)C2CCC2)n1. The first-order chi connectivity index (χ1) is 7.25. The lowest BCUT2D eigenvalue weighted by atomic mass is 9.85. The van der Waals surface area contributed by atoms with Gasteiger partial charge in [-0.05, 0) is 25.0 Å². The molecule has 0 aromatic carbocycles. The minimum Gasteiger partial charge on any atom is -0.384 e. The number of amides is 1. The molecule has 4 heteroatoms. The van der Waals surface area contributed by atoms with Gasteiger partial charge in [-0.3, -0.25) is 4.79 Å². The second kappa shape index (κ2) is 4.29. The molecule has 15 heavy (non-hydrogen) atoms. The molecule has 3 N–H and O–H groups in total. The van der Waals surface area contributed by atoms with Crippen molar-refractivity contribution in [3.8, 4) is 0 Å². The second-order valence-corrected chi connectivity index (χ2v) is 3.90. The molecular formula is C11H15N3O. The fourth-order valence-electron chi connectivity index (χ4n) is 1.59. The summed E-state index contributed by atoms with van der Waals surface area (Å²) in [6.45, 7) is 0.473. The molecule has 0 aliphatic heterocycles. The van der Waals surface area contributed by atoms with Crippen LogP contribution in [-0.4, -0.2) is 10.9 Å². The molecule has 1 aliphatic carbocycles. The lowest BCUT2D eigenvalue weighted by Gasteiger charge is -2.23. The van der Waals surface area contributed by atoms with E-state index in [0.717, 1.165) is 18.5 Å². The minimum absolute atomic E-state index is 0.144. The van der Waals surface area contributed by atoms with E-state index in [1.54, 1.807) is 6.07 Å². The first-order valence-corrected chi connectivity index (χ1v) is 5.25. The van der Waals surface area contributed by atoms with Crippen LogP contribution in [0.4, 0.5) is 5.82 Å². The Hall–Kier alpha value is -1.58. The Bertz CT molecular complexity index is 361. The van der Waals surface area contributed by atoms with Crippen LogP contribution in [0.3, 0.4) is 0 Å². The summed E-state index contributed by atoms with van der Waals surface area (Å²) in [5, 5.41) is 2.87. The van der Waals surface area contributed by atoms with Gasteiger partial charge in [0.1, 0.15) is 5.82 Å². The van der Waals surface area contributed by atoms with E-state index < -0.39 is 0 Å². The zero-order chi connectivity index (χ0) is 10.7. The Balaban J connectivity index is 1.84. The number of carbonyl (C=O) groups is 1. The number of aromatic nitrogens is 1. The van der Waals surface area contributed by atoms with Crippen LogP contribution in [0.2, 0.25) is 0 Å². The highest BCUT2D eigenvalue weighted by Gasteiger charge is 2.24. The quantitative estimate of drug-likeness (QED) is 0.775. The van der Waals surface area contributed by atoms with Crippen molar-refractivity contribution in [3.05, 3.63) is 23.9 Å². The van der Waals surface area contributed by atoms with E-state index >= 15 is 0 Å². The fraction of sp³-hybridized carbons (Fsp3) is 0.455. The molecule has 0 radical (unpaired) electrons. The molecule has 4 nitrogen and oxygen atoms in total. The second-order valence-electron chi connectivity index (χ2n) is 3.90. The molecule has 0 bridgehead atoms. The van der Waals surface area contributed by atoms with Crippen molar-refractivity contribution in [2.24, 2.45) is 5.92 Å². The summed E-state index contributed by atoms with van der Waals surface area (Å²) in [4.78, 5) is 15.6. The van der Waals surface area contributed by atoms with Crippen LogP contribution in [0.15, 0.2) is 18.2 Å². The average Bonchev–Trinajstić information content (AvgIpc) is 2.12. The van der Waals surface area contributed by atoms with Crippen molar-refractivity contribution in [1.82, 2.24) is 10.3 Å². The van der Waals surface area contributed by atoms with Crippen LogP contribution in [0.25, 0.3) is 0 Å². The lowest BCUT2D eigenvalue weighted by molar-refractivity contribution is -0.127. The summed E-state index contributed by atoms with van der Waals surface area (Å²) in [6.07, 6.45) is 3.22. The molecule has 2 rings (SSSR count). The van der Waals surface area contributed by atoms with Crippen LogP contribution < -0.4 is 11.1 Å². The molecule has 80 valence electrons. The third-order valence-electron chi connectivity index (χ3n) is 2.75. The average molecular weight is 205 g/mol. The smallest absolute Gasteiger partial charge is 0.223 e. The predicted molar refractivity (Wildman–Crippen MR) is 57.8 cm³/mol. The Morgan fingerprint density at radius 1 is 1.53 bits per heavy atom. The molecule has 0 saturated heterocycles. The molecule has 1 aliphatic rings. The maximum Gasteiger partial charge on any atom is 0.223 e. The highest BCUT2D eigenvalue weighted by molar-refractivity contribution is 5.79. The van der Waals surface area contributed by atoms with Gasteiger partial charge in [-0.1, -0.05) is 12.5 Å². The third kappa shape index (κ3) is 2.46. The van der Waals surface area contributed by atoms with Crippen molar-refractivity contribution >= 4 is 11.7 Å². The summed E-state index contributed by atoms with van der Waals surface area (Å²) in [6, 6.07) is 5.43. The number of carbonyl (C=O) groups excluding carboxylic acids is 1. The van der Waals surface area contributed by atoms with E-state index in [-0.39, 0.29) is 11.8 Å². The van der Waals surface area contributed by atoms with Gasteiger partial charge in [-0.2, -0.15) is 0 Å². The highest BCUT2D eigenvalue weighted by atomic mass is 16.1. The van der Waals surface area contributed by atoms with E-state index in [1.165, 1.54) is 6.42 Å². The van der Waals surface area contributed by atoms with Gasteiger partial charge >= 0.3 is 0 Å². The van der Waals surface area contributed by atoms with Gasteiger partial charge in [0.25, 0.3) is 0 Å². The van der Waals surface area contributed by atoms with Crippen LogP contribution in [0, 0.1) is 5.92 Å². The molecule has 1 amide bonds. The molecule has 1 aromatic rings. The highest BCUT2D eigenvalue weighted by Crippen LogP contribution is 2.26. The summed E-state index contributed by atoms with van der Waals surface area (Å²) in [5.74, 6) is 0.863. The summed E-state index contributed by atoms with van der Waals surface area (Å²) in [7, 11) is 0. The van der Waals surface area contributed by atoms with E-state index in [2.05, 4.69) is 10.3 Å². The van der Waals surface area contributed by atoms with Crippen molar-refractivity contribution in [2.45, 2.75) is 25.8 Å². The molecule has 0 spiro atoms. The van der Waals surface area contributed by atoms with Gasteiger partial charge in [-0.15, -0.1) is 0 Å². The summed E-state index contributed by atoms with van der Waals surface area (Å²) >= 11 is 0. The van der Waals surface area contributed by atoms with Gasteiger partial charge in [0, 0.05) is 5.92 Å². The third-order valence-corrected chi connectivity index (χ3v) is 2.75. The number of nitrogens with one attached hydrogen (secondary N) is 1. The topological polar surface area (TPSA) is 68.0 Å². The van der Waals surface area contributed by atoms with E-state index in [0.29, 0.717) is 12.4 Å². The van der Waals surface area contributed by atoms with Crippen molar-refractivity contribution in [1.29, 1.82) is 0 Å². The Kier molecular flexibility index (Phi) is 2.85. The predicted octanol–water partition coefficient (Wildman–Crippen LogP) is 1.08. The monoisotopic (exact) mass is 205 g/mol.